The summed E-state index contributed by atoms with van der Waals surface area (Å²) in [5.74, 6) is 0.829. The Labute approximate surface area is 151 Å². The fourth-order valence-electron chi connectivity index (χ4n) is 2.77. The van der Waals surface area contributed by atoms with Crippen molar-refractivity contribution in [3.63, 3.8) is 0 Å². The second kappa shape index (κ2) is 7.32. The summed E-state index contributed by atoms with van der Waals surface area (Å²) in [7, 11) is 1.66. The zero-order valence-electron chi connectivity index (χ0n) is 13.3. The Kier molecular flexibility index (Phi) is 5.17. The van der Waals surface area contributed by atoms with Gasteiger partial charge in [0.25, 0.3) is 5.91 Å². The smallest absolute Gasteiger partial charge is 0.254 e. The number of halogens is 2. The molecular formula is C18H18Cl2N2O2. The van der Waals surface area contributed by atoms with E-state index in [1.54, 1.807) is 25.3 Å². The van der Waals surface area contributed by atoms with Crippen LogP contribution in [0.15, 0.2) is 42.5 Å². The summed E-state index contributed by atoms with van der Waals surface area (Å²) < 4.78 is 5.18. The van der Waals surface area contributed by atoms with Crippen LogP contribution in [0.25, 0.3) is 0 Å². The number of methoxy groups -OCH3 is 1. The fourth-order valence-corrected chi connectivity index (χ4v) is 3.07. The minimum atomic E-state index is -0.0112. The third kappa shape index (κ3) is 3.60. The molecule has 0 saturated carbocycles. The van der Waals surface area contributed by atoms with Crippen LogP contribution in [-0.4, -0.2) is 44.1 Å². The van der Waals surface area contributed by atoms with Crippen LogP contribution >= 0.6 is 23.2 Å². The van der Waals surface area contributed by atoms with Crippen LogP contribution in [0.4, 0.5) is 5.69 Å². The molecule has 0 radical (unpaired) electrons. The van der Waals surface area contributed by atoms with Crippen molar-refractivity contribution in [2.24, 2.45) is 0 Å². The Hall–Kier alpha value is -1.91. The molecule has 1 amide bonds. The van der Waals surface area contributed by atoms with Gasteiger partial charge in [-0.15, -0.1) is 0 Å². The number of nitrogens with zero attached hydrogens (tertiary/aromatic N) is 2. The summed E-state index contributed by atoms with van der Waals surface area (Å²) in [5.41, 5.74) is 1.71. The van der Waals surface area contributed by atoms with Crippen LogP contribution in [0.5, 0.6) is 5.75 Å². The van der Waals surface area contributed by atoms with Crippen LogP contribution in [0.1, 0.15) is 10.4 Å². The van der Waals surface area contributed by atoms with E-state index in [1.807, 2.05) is 29.2 Å². The Morgan fingerprint density at radius 3 is 2.21 bits per heavy atom. The molecule has 2 aromatic rings. The standard InChI is InChI=1S/C18H18Cl2N2O2/c1-24-15-5-3-14(4-6-15)21-8-10-22(11-9-21)18(23)13-2-7-16(19)17(20)12-13/h2-7,12H,8-11H2,1H3. The number of carbonyl (C=O) groups excluding carboxylic acids is 1. The van der Waals surface area contributed by atoms with Gasteiger partial charge < -0.3 is 14.5 Å². The van der Waals surface area contributed by atoms with Crippen LogP contribution in [0.3, 0.4) is 0 Å². The van der Waals surface area contributed by atoms with Gasteiger partial charge in [-0.3, -0.25) is 4.79 Å². The van der Waals surface area contributed by atoms with Crippen LogP contribution in [0.2, 0.25) is 10.0 Å². The Bertz CT molecular complexity index is 726. The van der Waals surface area contributed by atoms with Crippen LogP contribution in [0, 0.1) is 0 Å². The SMILES string of the molecule is COc1ccc(N2CCN(C(=O)c3ccc(Cl)c(Cl)c3)CC2)cc1. The fraction of sp³-hybridized carbons (Fsp3) is 0.278. The number of rotatable bonds is 3. The molecular weight excluding hydrogens is 347 g/mol. The number of hydrogen-bond donors (Lipinski definition) is 0. The molecule has 0 unspecified atom stereocenters. The third-order valence-electron chi connectivity index (χ3n) is 4.17. The summed E-state index contributed by atoms with van der Waals surface area (Å²) in [4.78, 5) is 16.7. The van der Waals surface area contributed by atoms with Crippen molar-refractivity contribution >= 4 is 34.8 Å². The number of hydrogen-bond acceptors (Lipinski definition) is 3. The molecule has 24 heavy (non-hydrogen) atoms. The molecule has 6 heteroatoms. The zero-order valence-corrected chi connectivity index (χ0v) is 14.8. The molecule has 0 N–H and O–H groups in total. The highest BCUT2D eigenvalue weighted by atomic mass is 35.5. The van der Waals surface area contributed by atoms with E-state index in [9.17, 15) is 4.79 Å². The summed E-state index contributed by atoms with van der Waals surface area (Å²) in [5, 5.41) is 0.858. The van der Waals surface area contributed by atoms with Gasteiger partial charge in [0, 0.05) is 37.4 Å². The minimum Gasteiger partial charge on any atom is -0.497 e. The van der Waals surface area contributed by atoms with E-state index in [0.717, 1.165) is 24.5 Å². The molecule has 0 atom stereocenters. The first-order valence-corrected chi connectivity index (χ1v) is 8.47. The van der Waals surface area contributed by atoms with Gasteiger partial charge in [-0.1, -0.05) is 23.2 Å². The number of amides is 1. The van der Waals surface area contributed by atoms with Crippen molar-refractivity contribution in [1.82, 2.24) is 4.90 Å². The van der Waals surface area contributed by atoms with E-state index < -0.39 is 0 Å². The molecule has 1 heterocycles. The largest absolute Gasteiger partial charge is 0.497 e. The molecule has 1 aliphatic rings. The lowest BCUT2D eigenvalue weighted by molar-refractivity contribution is 0.0747. The monoisotopic (exact) mass is 364 g/mol. The van der Waals surface area contributed by atoms with Crippen molar-refractivity contribution < 1.29 is 9.53 Å². The van der Waals surface area contributed by atoms with Crippen molar-refractivity contribution in [2.75, 3.05) is 38.2 Å². The zero-order chi connectivity index (χ0) is 17.1. The molecule has 3 rings (SSSR count). The second-order valence-electron chi connectivity index (χ2n) is 5.61. The van der Waals surface area contributed by atoms with Crippen molar-refractivity contribution in [3.05, 3.63) is 58.1 Å². The van der Waals surface area contributed by atoms with E-state index in [-0.39, 0.29) is 5.91 Å². The van der Waals surface area contributed by atoms with Crippen LogP contribution in [-0.2, 0) is 0 Å². The molecule has 1 aliphatic heterocycles. The lowest BCUT2D eigenvalue weighted by Crippen LogP contribution is -2.48. The van der Waals surface area contributed by atoms with Gasteiger partial charge in [0.1, 0.15) is 5.75 Å². The van der Waals surface area contributed by atoms with Gasteiger partial charge in [-0.2, -0.15) is 0 Å². The van der Waals surface area contributed by atoms with E-state index in [2.05, 4.69) is 4.90 Å². The van der Waals surface area contributed by atoms with E-state index >= 15 is 0 Å². The maximum atomic E-state index is 12.6. The molecule has 4 nitrogen and oxygen atoms in total. The van der Waals surface area contributed by atoms with Gasteiger partial charge in [0.2, 0.25) is 0 Å². The number of anilines is 1. The lowest BCUT2D eigenvalue weighted by Gasteiger charge is -2.36. The first-order valence-electron chi connectivity index (χ1n) is 7.72. The lowest BCUT2D eigenvalue weighted by atomic mass is 10.1. The van der Waals surface area contributed by atoms with Gasteiger partial charge in [-0.25, -0.2) is 0 Å². The number of carbonyl (C=O) groups is 1. The predicted molar refractivity (Wildman–Crippen MR) is 97.6 cm³/mol. The van der Waals surface area contributed by atoms with E-state index in [4.69, 9.17) is 27.9 Å². The van der Waals surface area contributed by atoms with Gasteiger partial charge in [-0.05, 0) is 42.5 Å². The Morgan fingerprint density at radius 1 is 0.958 bits per heavy atom. The van der Waals surface area contributed by atoms with E-state index in [0.29, 0.717) is 28.7 Å². The molecule has 0 bridgehead atoms. The molecule has 1 saturated heterocycles. The quantitative estimate of drug-likeness (QED) is 0.825. The minimum absolute atomic E-state index is 0.0112. The molecule has 0 aliphatic carbocycles. The molecule has 126 valence electrons. The molecule has 1 fully saturated rings. The highest BCUT2D eigenvalue weighted by molar-refractivity contribution is 6.42. The number of benzene rings is 2. The highest BCUT2D eigenvalue weighted by Crippen LogP contribution is 2.24. The maximum Gasteiger partial charge on any atom is 0.254 e. The summed E-state index contributed by atoms with van der Waals surface area (Å²) in [6, 6.07) is 13.0. The summed E-state index contributed by atoms with van der Waals surface area (Å²) >= 11 is 11.9. The summed E-state index contributed by atoms with van der Waals surface area (Å²) in [6.45, 7) is 2.93. The van der Waals surface area contributed by atoms with E-state index in [1.165, 1.54) is 0 Å². The van der Waals surface area contributed by atoms with Crippen molar-refractivity contribution in [3.8, 4) is 5.75 Å². The topological polar surface area (TPSA) is 32.8 Å². The first-order chi connectivity index (χ1) is 11.6. The Balaban J connectivity index is 1.63. The normalized spacial score (nSPS) is 14.6. The van der Waals surface area contributed by atoms with Gasteiger partial charge in [0.15, 0.2) is 0 Å². The Morgan fingerprint density at radius 2 is 1.62 bits per heavy atom. The highest BCUT2D eigenvalue weighted by Gasteiger charge is 2.22. The van der Waals surface area contributed by atoms with Crippen molar-refractivity contribution in [2.45, 2.75) is 0 Å². The first kappa shape index (κ1) is 16.9. The predicted octanol–water partition coefficient (Wildman–Crippen LogP) is 3.96. The third-order valence-corrected chi connectivity index (χ3v) is 4.91. The van der Waals surface area contributed by atoms with Gasteiger partial charge >= 0.3 is 0 Å². The molecule has 0 spiro atoms. The van der Waals surface area contributed by atoms with Crippen LogP contribution < -0.4 is 9.64 Å². The summed E-state index contributed by atoms with van der Waals surface area (Å²) in [6.07, 6.45) is 0. The molecule has 2 aromatic carbocycles. The maximum absolute atomic E-state index is 12.6. The number of piperazine rings is 1. The van der Waals surface area contributed by atoms with Gasteiger partial charge in [0.05, 0.1) is 17.2 Å². The molecule has 0 aromatic heterocycles. The number of ether oxygens (including phenoxy) is 1. The average Bonchev–Trinajstić information content (AvgIpc) is 2.63. The second-order valence-corrected chi connectivity index (χ2v) is 6.42. The van der Waals surface area contributed by atoms with Crippen molar-refractivity contribution in [1.29, 1.82) is 0 Å². The average molecular weight is 365 g/mol.